The van der Waals surface area contributed by atoms with E-state index in [9.17, 15) is 0 Å². The molecule has 1 aromatic carbocycles. The van der Waals surface area contributed by atoms with E-state index in [0.717, 1.165) is 0 Å². The maximum atomic E-state index is 3.71. The highest BCUT2D eigenvalue weighted by Gasteiger charge is 2.25. The molecule has 0 spiro atoms. The van der Waals surface area contributed by atoms with E-state index in [0.29, 0.717) is 18.1 Å². The summed E-state index contributed by atoms with van der Waals surface area (Å²) < 4.78 is 0. The predicted molar refractivity (Wildman–Crippen MR) is 91.6 cm³/mol. The van der Waals surface area contributed by atoms with Crippen LogP contribution in [0, 0.1) is 0 Å². The van der Waals surface area contributed by atoms with Crippen molar-refractivity contribution in [2.24, 2.45) is 0 Å². The van der Waals surface area contributed by atoms with Crippen LogP contribution < -0.4 is 5.32 Å². The van der Waals surface area contributed by atoms with Gasteiger partial charge in [-0.3, -0.25) is 4.90 Å². The second-order valence-electron chi connectivity index (χ2n) is 6.65. The van der Waals surface area contributed by atoms with Crippen LogP contribution in [-0.2, 0) is 0 Å². The van der Waals surface area contributed by atoms with Gasteiger partial charge in [-0.05, 0) is 45.2 Å². The lowest BCUT2D eigenvalue weighted by Gasteiger charge is -2.39. The van der Waals surface area contributed by atoms with Gasteiger partial charge in [0.25, 0.3) is 0 Å². The highest BCUT2D eigenvalue weighted by molar-refractivity contribution is 5.19. The molecule has 1 N–H and O–H groups in total. The molecule has 2 nitrogen and oxygen atoms in total. The first-order valence-corrected chi connectivity index (χ1v) is 8.76. The standard InChI is InChI=1S/C19H32N2/c1-4-10-19(17-11-6-5-7-12-17)21(16(2)3)15-18-13-8-9-14-20-18/h5-7,11-12,16,18-20H,4,8-10,13-15H2,1-3H3. The monoisotopic (exact) mass is 288 g/mol. The average Bonchev–Trinajstić information content (AvgIpc) is 2.52. The fourth-order valence-electron chi connectivity index (χ4n) is 3.50. The van der Waals surface area contributed by atoms with E-state index in [1.165, 1.54) is 50.8 Å². The molecule has 1 saturated heterocycles. The van der Waals surface area contributed by atoms with Gasteiger partial charge in [0.1, 0.15) is 0 Å². The van der Waals surface area contributed by atoms with Crippen LogP contribution in [0.1, 0.15) is 64.5 Å². The van der Waals surface area contributed by atoms with Crippen molar-refractivity contribution >= 4 is 0 Å². The number of benzene rings is 1. The molecule has 0 aromatic heterocycles. The topological polar surface area (TPSA) is 15.3 Å². The van der Waals surface area contributed by atoms with Crippen molar-refractivity contribution in [1.29, 1.82) is 0 Å². The van der Waals surface area contributed by atoms with E-state index in [-0.39, 0.29) is 0 Å². The number of hydrogen-bond donors (Lipinski definition) is 1. The molecule has 1 aromatic rings. The van der Waals surface area contributed by atoms with Crippen LogP contribution in [-0.4, -0.2) is 30.1 Å². The number of hydrogen-bond acceptors (Lipinski definition) is 2. The highest BCUT2D eigenvalue weighted by Crippen LogP contribution is 2.28. The Bertz CT molecular complexity index is 382. The molecule has 0 aliphatic carbocycles. The molecule has 2 rings (SSSR count). The Kier molecular flexibility index (Phi) is 6.72. The van der Waals surface area contributed by atoms with E-state index in [4.69, 9.17) is 0 Å². The quantitative estimate of drug-likeness (QED) is 0.801. The second-order valence-corrected chi connectivity index (χ2v) is 6.65. The van der Waals surface area contributed by atoms with Crippen molar-refractivity contribution in [1.82, 2.24) is 10.2 Å². The van der Waals surface area contributed by atoms with Crippen LogP contribution in [0.2, 0.25) is 0 Å². The molecule has 1 aliphatic heterocycles. The van der Waals surface area contributed by atoms with Crippen LogP contribution in [0.3, 0.4) is 0 Å². The maximum Gasteiger partial charge on any atom is 0.0351 e. The fourth-order valence-corrected chi connectivity index (χ4v) is 3.50. The largest absolute Gasteiger partial charge is 0.313 e. The molecule has 0 radical (unpaired) electrons. The number of nitrogens with zero attached hydrogens (tertiary/aromatic N) is 1. The fraction of sp³-hybridized carbons (Fsp3) is 0.684. The van der Waals surface area contributed by atoms with E-state index >= 15 is 0 Å². The third-order valence-corrected chi connectivity index (χ3v) is 4.65. The van der Waals surface area contributed by atoms with Gasteiger partial charge in [-0.15, -0.1) is 0 Å². The Morgan fingerprint density at radius 3 is 2.52 bits per heavy atom. The van der Waals surface area contributed by atoms with Gasteiger partial charge in [-0.2, -0.15) is 0 Å². The Hall–Kier alpha value is -0.860. The van der Waals surface area contributed by atoms with E-state index in [1.807, 2.05) is 0 Å². The lowest BCUT2D eigenvalue weighted by molar-refractivity contribution is 0.121. The molecular formula is C19H32N2. The number of rotatable bonds is 7. The molecule has 2 heteroatoms. The minimum absolute atomic E-state index is 0.555. The van der Waals surface area contributed by atoms with Gasteiger partial charge in [0.2, 0.25) is 0 Å². The van der Waals surface area contributed by atoms with Crippen molar-refractivity contribution in [3.63, 3.8) is 0 Å². The normalized spacial score (nSPS) is 20.9. The summed E-state index contributed by atoms with van der Waals surface area (Å²) in [5, 5.41) is 3.71. The lowest BCUT2D eigenvalue weighted by Crippen LogP contribution is -2.47. The highest BCUT2D eigenvalue weighted by atomic mass is 15.2. The van der Waals surface area contributed by atoms with Crippen molar-refractivity contribution in [2.75, 3.05) is 13.1 Å². The summed E-state index contributed by atoms with van der Waals surface area (Å²) >= 11 is 0. The van der Waals surface area contributed by atoms with Crippen LogP contribution in [0.4, 0.5) is 0 Å². The van der Waals surface area contributed by atoms with Crippen LogP contribution >= 0.6 is 0 Å². The second kappa shape index (κ2) is 8.55. The maximum absolute atomic E-state index is 3.71. The van der Waals surface area contributed by atoms with Gasteiger partial charge < -0.3 is 5.32 Å². The van der Waals surface area contributed by atoms with Crippen LogP contribution in [0.5, 0.6) is 0 Å². The van der Waals surface area contributed by atoms with Gasteiger partial charge in [0.05, 0.1) is 0 Å². The number of piperidine rings is 1. The third-order valence-electron chi connectivity index (χ3n) is 4.65. The average molecular weight is 288 g/mol. The molecule has 2 unspecified atom stereocenters. The van der Waals surface area contributed by atoms with Gasteiger partial charge in [0.15, 0.2) is 0 Å². The summed E-state index contributed by atoms with van der Waals surface area (Å²) in [5.41, 5.74) is 1.48. The predicted octanol–water partition coefficient (Wildman–Crippen LogP) is 4.38. The molecule has 0 bridgehead atoms. The van der Waals surface area contributed by atoms with E-state index in [2.05, 4.69) is 61.3 Å². The molecule has 118 valence electrons. The Morgan fingerprint density at radius 1 is 1.19 bits per heavy atom. The van der Waals surface area contributed by atoms with Gasteiger partial charge in [0, 0.05) is 24.7 Å². The molecule has 1 heterocycles. The zero-order valence-electron chi connectivity index (χ0n) is 14.0. The van der Waals surface area contributed by atoms with Gasteiger partial charge >= 0.3 is 0 Å². The minimum Gasteiger partial charge on any atom is -0.313 e. The molecule has 0 saturated carbocycles. The third kappa shape index (κ3) is 4.82. The molecule has 21 heavy (non-hydrogen) atoms. The first-order valence-electron chi connectivity index (χ1n) is 8.76. The van der Waals surface area contributed by atoms with Gasteiger partial charge in [-0.1, -0.05) is 50.1 Å². The van der Waals surface area contributed by atoms with Gasteiger partial charge in [-0.25, -0.2) is 0 Å². The first-order chi connectivity index (χ1) is 10.2. The Labute approximate surface area is 130 Å². The Balaban J connectivity index is 2.12. The molecular weight excluding hydrogens is 256 g/mol. The first kappa shape index (κ1) is 16.5. The SMILES string of the molecule is CCCC(c1ccccc1)N(CC1CCCCN1)C(C)C. The Morgan fingerprint density at radius 2 is 1.95 bits per heavy atom. The zero-order valence-corrected chi connectivity index (χ0v) is 14.0. The summed E-state index contributed by atoms with van der Waals surface area (Å²) in [4.78, 5) is 2.71. The molecule has 0 amide bonds. The summed E-state index contributed by atoms with van der Waals surface area (Å²) in [7, 11) is 0. The van der Waals surface area contributed by atoms with Crippen LogP contribution in [0.15, 0.2) is 30.3 Å². The van der Waals surface area contributed by atoms with Crippen LogP contribution in [0.25, 0.3) is 0 Å². The summed E-state index contributed by atoms with van der Waals surface area (Å²) in [5.74, 6) is 0. The summed E-state index contributed by atoms with van der Waals surface area (Å²) in [6.45, 7) is 9.35. The summed E-state index contributed by atoms with van der Waals surface area (Å²) in [6, 6.07) is 12.9. The number of nitrogens with one attached hydrogen (secondary N) is 1. The van der Waals surface area contributed by atoms with Crippen molar-refractivity contribution in [3.05, 3.63) is 35.9 Å². The summed E-state index contributed by atoms with van der Waals surface area (Å²) in [6.07, 6.45) is 6.54. The minimum atomic E-state index is 0.555. The lowest BCUT2D eigenvalue weighted by atomic mass is 9.97. The van der Waals surface area contributed by atoms with Crippen molar-refractivity contribution in [3.8, 4) is 0 Å². The smallest absolute Gasteiger partial charge is 0.0351 e. The van der Waals surface area contributed by atoms with E-state index < -0.39 is 0 Å². The molecule has 1 aliphatic rings. The van der Waals surface area contributed by atoms with Crippen molar-refractivity contribution < 1.29 is 0 Å². The molecule has 1 fully saturated rings. The zero-order chi connectivity index (χ0) is 15.1. The van der Waals surface area contributed by atoms with E-state index in [1.54, 1.807) is 0 Å². The molecule has 2 atom stereocenters. The van der Waals surface area contributed by atoms with Crippen molar-refractivity contribution in [2.45, 2.75) is 71.0 Å².